The molecule has 3 aromatic rings. The lowest BCUT2D eigenvalue weighted by molar-refractivity contribution is 0.470. The molecule has 23 heavy (non-hydrogen) atoms. The van der Waals surface area contributed by atoms with Crippen molar-refractivity contribution >= 4 is 17.1 Å². The van der Waals surface area contributed by atoms with E-state index in [2.05, 4.69) is 53.0 Å². The molecule has 1 aromatic carbocycles. The van der Waals surface area contributed by atoms with Gasteiger partial charge >= 0.3 is 0 Å². The van der Waals surface area contributed by atoms with Gasteiger partial charge < -0.3 is 9.64 Å². The molecule has 0 N–H and O–H groups in total. The molecule has 1 aliphatic heterocycles. The van der Waals surface area contributed by atoms with Crippen LogP contribution in [0.25, 0.3) is 0 Å². The van der Waals surface area contributed by atoms with Crippen molar-refractivity contribution in [3.05, 3.63) is 59.7 Å². The molecule has 0 saturated heterocycles. The lowest BCUT2D eigenvalue weighted by Crippen LogP contribution is -2.18. The molecule has 1 aliphatic rings. The third-order valence-corrected chi connectivity index (χ3v) is 4.00. The summed E-state index contributed by atoms with van der Waals surface area (Å²) in [6.07, 6.45) is 6.87. The molecule has 5 nitrogen and oxygen atoms in total. The standard InChI is InChI=1S/C18H16N4O/c1-11-6-12(2)18(13(3)7-11)22-14-4-5-19-9-16(14)23-17-10-21-20-8-15(17)22/h4-10H,1-3H3. The number of anilines is 3. The van der Waals surface area contributed by atoms with Gasteiger partial charge in [-0.05, 0) is 38.0 Å². The monoisotopic (exact) mass is 304 g/mol. The van der Waals surface area contributed by atoms with E-state index in [0.29, 0.717) is 11.5 Å². The van der Waals surface area contributed by atoms with Gasteiger partial charge in [-0.3, -0.25) is 4.98 Å². The van der Waals surface area contributed by atoms with Crippen molar-refractivity contribution in [2.24, 2.45) is 0 Å². The Balaban J connectivity index is 2.02. The highest BCUT2D eigenvalue weighted by Crippen LogP contribution is 2.50. The van der Waals surface area contributed by atoms with E-state index in [9.17, 15) is 0 Å². The molecule has 0 bridgehead atoms. The van der Waals surface area contributed by atoms with Crippen LogP contribution in [-0.4, -0.2) is 15.2 Å². The highest BCUT2D eigenvalue weighted by molar-refractivity contribution is 5.87. The maximum absolute atomic E-state index is 5.93. The normalized spacial score (nSPS) is 12.4. The lowest BCUT2D eigenvalue weighted by Gasteiger charge is -2.33. The predicted octanol–water partition coefficient (Wildman–Crippen LogP) is 4.37. The fourth-order valence-electron chi connectivity index (χ4n) is 3.20. The Morgan fingerprint density at radius 2 is 1.57 bits per heavy atom. The van der Waals surface area contributed by atoms with Gasteiger partial charge in [0.25, 0.3) is 0 Å². The minimum atomic E-state index is 0.680. The lowest BCUT2D eigenvalue weighted by atomic mass is 10.0. The first-order valence-corrected chi connectivity index (χ1v) is 7.45. The topological polar surface area (TPSA) is 51.1 Å². The molecule has 3 heterocycles. The van der Waals surface area contributed by atoms with Crippen LogP contribution in [0.15, 0.2) is 43.0 Å². The minimum absolute atomic E-state index is 0.680. The predicted molar refractivity (Wildman–Crippen MR) is 88.8 cm³/mol. The zero-order valence-corrected chi connectivity index (χ0v) is 13.2. The molecule has 0 fully saturated rings. The van der Waals surface area contributed by atoms with E-state index in [1.54, 1.807) is 24.8 Å². The summed E-state index contributed by atoms with van der Waals surface area (Å²) >= 11 is 0. The molecule has 0 spiro atoms. The molecule has 5 heteroatoms. The second-order valence-corrected chi connectivity index (χ2v) is 5.77. The Morgan fingerprint density at radius 3 is 2.35 bits per heavy atom. The summed E-state index contributed by atoms with van der Waals surface area (Å²) < 4.78 is 5.93. The van der Waals surface area contributed by atoms with Crippen LogP contribution in [0.4, 0.5) is 17.1 Å². The first-order chi connectivity index (χ1) is 11.1. The summed E-state index contributed by atoms with van der Waals surface area (Å²) in [5, 5.41) is 7.97. The highest BCUT2D eigenvalue weighted by atomic mass is 16.5. The Morgan fingerprint density at radius 1 is 0.870 bits per heavy atom. The quantitative estimate of drug-likeness (QED) is 0.522. The van der Waals surface area contributed by atoms with Crippen molar-refractivity contribution in [1.82, 2.24) is 15.2 Å². The van der Waals surface area contributed by atoms with E-state index in [0.717, 1.165) is 17.1 Å². The number of nitrogens with zero attached hydrogens (tertiary/aromatic N) is 4. The van der Waals surface area contributed by atoms with Crippen molar-refractivity contribution in [1.29, 1.82) is 0 Å². The van der Waals surface area contributed by atoms with Gasteiger partial charge in [-0.25, -0.2) is 0 Å². The van der Waals surface area contributed by atoms with Crippen LogP contribution in [0, 0.1) is 20.8 Å². The smallest absolute Gasteiger partial charge is 0.173 e. The molecule has 0 atom stereocenters. The van der Waals surface area contributed by atoms with Crippen LogP contribution in [0.3, 0.4) is 0 Å². The molecule has 0 amide bonds. The van der Waals surface area contributed by atoms with Gasteiger partial charge in [0.1, 0.15) is 5.69 Å². The van der Waals surface area contributed by atoms with E-state index in [1.165, 1.54) is 16.7 Å². The average molecular weight is 304 g/mol. The maximum atomic E-state index is 5.93. The maximum Gasteiger partial charge on any atom is 0.173 e. The number of pyridine rings is 1. The molecule has 2 aromatic heterocycles. The van der Waals surface area contributed by atoms with Crippen LogP contribution in [-0.2, 0) is 0 Å². The second-order valence-electron chi connectivity index (χ2n) is 5.77. The molecule has 4 rings (SSSR count). The number of aryl methyl sites for hydroxylation is 3. The number of benzene rings is 1. The summed E-state index contributed by atoms with van der Waals surface area (Å²) in [4.78, 5) is 6.35. The third-order valence-electron chi connectivity index (χ3n) is 4.00. The van der Waals surface area contributed by atoms with Crippen LogP contribution in [0.2, 0.25) is 0 Å². The van der Waals surface area contributed by atoms with E-state index in [4.69, 9.17) is 4.74 Å². The zero-order chi connectivity index (χ0) is 16.0. The number of hydrogen-bond acceptors (Lipinski definition) is 5. The minimum Gasteiger partial charge on any atom is -0.450 e. The average Bonchev–Trinajstić information content (AvgIpc) is 2.53. The molecule has 0 unspecified atom stereocenters. The Bertz CT molecular complexity index is 839. The molecular weight excluding hydrogens is 288 g/mol. The number of aromatic nitrogens is 3. The Kier molecular flexibility index (Phi) is 3.01. The van der Waals surface area contributed by atoms with Gasteiger partial charge in [0, 0.05) is 6.20 Å². The second kappa shape index (κ2) is 5.05. The fourth-order valence-corrected chi connectivity index (χ4v) is 3.20. The van der Waals surface area contributed by atoms with Gasteiger partial charge in [-0.1, -0.05) is 17.7 Å². The van der Waals surface area contributed by atoms with Crippen LogP contribution >= 0.6 is 0 Å². The largest absolute Gasteiger partial charge is 0.450 e. The van der Waals surface area contributed by atoms with Crippen LogP contribution < -0.4 is 9.64 Å². The Labute approximate surface area is 134 Å². The van der Waals surface area contributed by atoms with Gasteiger partial charge in [0.15, 0.2) is 11.5 Å². The number of ether oxygens (including phenoxy) is 1. The Hall–Kier alpha value is -2.95. The summed E-state index contributed by atoms with van der Waals surface area (Å²) in [5.74, 6) is 1.40. The van der Waals surface area contributed by atoms with Gasteiger partial charge in [0.2, 0.25) is 0 Å². The van der Waals surface area contributed by atoms with Gasteiger partial charge in [-0.2, -0.15) is 10.2 Å². The van der Waals surface area contributed by atoms with Crippen molar-refractivity contribution in [2.45, 2.75) is 20.8 Å². The zero-order valence-electron chi connectivity index (χ0n) is 13.2. The molecule has 0 aliphatic carbocycles. The highest BCUT2D eigenvalue weighted by Gasteiger charge is 2.28. The van der Waals surface area contributed by atoms with Crippen molar-refractivity contribution in [2.75, 3.05) is 4.90 Å². The summed E-state index contributed by atoms with van der Waals surface area (Å²) in [7, 11) is 0. The van der Waals surface area contributed by atoms with E-state index in [1.807, 2.05) is 6.07 Å². The van der Waals surface area contributed by atoms with Gasteiger partial charge in [-0.15, -0.1) is 0 Å². The van der Waals surface area contributed by atoms with E-state index >= 15 is 0 Å². The van der Waals surface area contributed by atoms with E-state index < -0.39 is 0 Å². The summed E-state index contributed by atoms with van der Waals surface area (Å²) in [6, 6.07) is 6.33. The SMILES string of the molecule is Cc1cc(C)c(N2c3ccncc3Oc3cnncc32)c(C)c1. The molecule has 0 saturated carbocycles. The first kappa shape index (κ1) is 13.7. The molecular formula is C18H16N4O. The van der Waals surface area contributed by atoms with Crippen molar-refractivity contribution in [3.63, 3.8) is 0 Å². The number of hydrogen-bond donors (Lipinski definition) is 0. The van der Waals surface area contributed by atoms with Gasteiger partial charge in [0.05, 0.1) is 30.0 Å². The molecule has 0 radical (unpaired) electrons. The summed E-state index contributed by atoms with van der Waals surface area (Å²) in [6.45, 7) is 6.36. The third kappa shape index (κ3) is 2.12. The number of fused-ring (bicyclic) bond motifs is 2. The fraction of sp³-hybridized carbons (Fsp3) is 0.167. The summed E-state index contributed by atoms with van der Waals surface area (Å²) in [5.41, 5.74) is 6.63. The molecule has 114 valence electrons. The van der Waals surface area contributed by atoms with Crippen molar-refractivity contribution < 1.29 is 4.74 Å². The van der Waals surface area contributed by atoms with Crippen LogP contribution in [0.5, 0.6) is 11.5 Å². The van der Waals surface area contributed by atoms with E-state index in [-0.39, 0.29) is 0 Å². The first-order valence-electron chi connectivity index (χ1n) is 7.45. The van der Waals surface area contributed by atoms with Crippen LogP contribution in [0.1, 0.15) is 16.7 Å². The van der Waals surface area contributed by atoms with Crippen molar-refractivity contribution in [3.8, 4) is 11.5 Å². The number of rotatable bonds is 1.